The SMILES string of the molecule is C[C@H]1[C@H](C)CCC[C@@H]1N1C[C@H](C(=O)Nc2cccc(C#N)c2)CC1=O. The molecule has 0 bridgehead atoms. The van der Waals surface area contributed by atoms with Crippen LogP contribution in [0.2, 0.25) is 0 Å². The number of rotatable bonds is 3. The van der Waals surface area contributed by atoms with E-state index in [0.29, 0.717) is 29.6 Å². The van der Waals surface area contributed by atoms with Crippen molar-refractivity contribution in [1.29, 1.82) is 5.26 Å². The molecule has 1 saturated carbocycles. The number of amides is 2. The number of benzene rings is 1. The third-order valence-electron chi connectivity index (χ3n) is 5.85. The average molecular weight is 339 g/mol. The highest BCUT2D eigenvalue weighted by atomic mass is 16.2. The van der Waals surface area contributed by atoms with E-state index in [0.717, 1.165) is 12.8 Å². The summed E-state index contributed by atoms with van der Waals surface area (Å²) in [6.45, 7) is 4.98. The quantitative estimate of drug-likeness (QED) is 0.919. The van der Waals surface area contributed by atoms with Crippen molar-refractivity contribution < 1.29 is 9.59 Å². The third kappa shape index (κ3) is 3.68. The van der Waals surface area contributed by atoms with Crippen molar-refractivity contribution in [3.63, 3.8) is 0 Å². The first-order chi connectivity index (χ1) is 12.0. The lowest BCUT2D eigenvalue weighted by Gasteiger charge is -2.40. The van der Waals surface area contributed by atoms with Gasteiger partial charge in [0, 0.05) is 24.7 Å². The normalized spacial score (nSPS) is 29.3. The zero-order chi connectivity index (χ0) is 18.0. The van der Waals surface area contributed by atoms with Gasteiger partial charge in [-0.2, -0.15) is 5.26 Å². The Balaban J connectivity index is 1.65. The molecule has 0 radical (unpaired) electrons. The van der Waals surface area contributed by atoms with Gasteiger partial charge in [-0.1, -0.05) is 32.8 Å². The summed E-state index contributed by atoms with van der Waals surface area (Å²) in [5.41, 5.74) is 1.11. The Morgan fingerprint density at radius 2 is 2.12 bits per heavy atom. The van der Waals surface area contributed by atoms with E-state index in [1.54, 1.807) is 24.3 Å². The van der Waals surface area contributed by atoms with E-state index >= 15 is 0 Å². The monoisotopic (exact) mass is 339 g/mol. The molecule has 0 spiro atoms. The zero-order valence-corrected chi connectivity index (χ0v) is 14.9. The van der Waals surface area contributed by atoms with Crippen LogP contribution in [0.15, 0.2) is 24.3 Å². The highest BCUT2D eigenvalue weighted by molar-refractivity contribution is 5.97. The van der Waals surface area contributed by atoms with Crippen molar-refractivity contribution in [2.24, 2.45) is 17.8 Å². The van der Waals surface area contributed by atoms with Crippen LogP contribution < -0.4 is 5.32 Å². The fourth-order valence-electron chi connectivity index (χ4n) is 4.13. The average Bonchev–Trinajstić information content (AvgIpc) is 2.99. The minimum absolute atomic E-state index is 0.0943. The molecule has 25 heavy (non-hydrogen) atoms. The fraction of sp³-hybridized carbons (Fsp3) is 0.550. The van der Waals surface area contributed by atoms with Crippen molar-refractivity contribution in [2.45, 2.75) is 45.6 Å². The van der Waals surface area contributed by atoms with Crippen LogP contribution >= 0.6 is 0 Å². The van der Waals surface area contributed by atoms with Gasteiger partial charge in [-0.15, -0.1) is 0 Å². The van der Waals surface area contributed by atoms with Gasteiger partial charge >= 0.3 is 0 Å². The molecule has 1 N–H and O–H groups in total. The molecular formula is C20H25N3O2. The second-order valence-corrected chi connectivity index (χ2v) is 7.46. The van der Waals surface area contributed by atoms with Gasteiger partial charge in [0.1, 0.15) is 0 Å². The number of likely N-dealkylation sites (tertiary alicyclic amines) is 1. The van der Waals surface area contributed by atoms with Gasteiger partial charge < -0.3 is 10.2 Å². The lowest BCUT2D eigenvalue weighted by Crippen LogP contribution is -2.45. The molecule has 1 heterocycles. The van der Waals surface area contributed by atoms with Gasteiger partial charge in [-0.25, -0.2) is 0 Å². The lowest BCUT2D eigenvalue weighted by atomic mass is 9.77. The van der Waals surface area contributed by atoms with Gasteiger partial charge in [0.05, 0.1) is 17.6 Å². The maximum Gasteiger partial charge on any atom is 0.229 e. The molecule has 132 valence electrons. The van der Waals surface area contributed by atoms with Crippen molar-refractivity contribution >= 4 is 17.5 Å². The van der Waals surface area contributed by atoms with E-state index in [4.69, 9.17) is 5.26 Å². The van der Waals surface area contributed by atoms with E-state index in [9.17, 15) is 9.59 Å². The summed E-state index contributed by atoms with van der Waals surface area (Å²) in [5, 5.41) is 11.8. The van der Waals surface area contributed by atoms with Gasteiger partial charge in [0.25, 0.3) is 0 Å². The van der Waals surface area contributed by atoms with Crippen LogP contribution in [0.25, 0.3) is 0 Å². The predicted octanol–water partition coefficient (Wildman–Crippen LogP) is 3.17. The van der Waals surface area contributed by atoms with Crippen LogP contribution in [0.3, 0.4) is 0 Å². The van der Waals surface area contributed by atoms with Gasteiger partial charge in [0.2, 0.25) is 11.8 Å². The first kappa shape index (κ1) is 17.5. The molecule has 2 fully saturated rings. The molecule has 1 aliphatic carbocycles. The zero-order valence-electron chi connectivity index (χ0n) is 14.9. The summed E-state index contributed by atoms with van der Waals surface area (Å²) in [6.07, 6.45) is 3.69. The summed E-state index contributed by atoms with van der Waals surface area (Å²) in [6, 6.07) is 9.17. The number of hydrogen-bond donors (Lipinski definition) is 1. The summed E-state index contributed by atoms with van der Waals surface area (Å²) >= 11 is 0. The van der Waals surface area contributed by atoms with Crippen molar-refractivity contribution in [1.82, 2.24) is 4.90 Å². The molecule has 1 aliphatic heterocycles. The topological polar surface area (TPSA) is 73.2 Å². The number of hydrogen-bond acceptors (Lipinski definition) is 3. The smallest absolute Gasteiger partial charge is 0.229 e. The van der Waals surface area contributed by atoms with E-state index < -0.39 is 0 Å². The second-order valence-electron chi connectivity index (χ2n) is 7.46. The standard InChI is InChI=1S/C20H25N3O2/c1-13-5-3-8-18(14(13)2)23-12-16(10-19(23)24)20(25)22-17-7-4-6-15(9-17)11-21/h4,6-7,9,13-14,16,18H,3,5,8,10,12H2,1-2H3,(H,22,25)/t13-,14+,16-,18+/m1/s1. The molecule has 1 saturated heterocycles. The first-order valence-corrected chi connectivity index (χ1v) is 9.10. The van der Waals surface area contributed by atoms with Crippen LogP contribution in [0.1, 0.15) is 45.1 Å². The number of nitrogens with zero attached hydrogens (tertiary/aromatic N) is 2. The molecule has 2 aliphatic rings. The van der Waals surface area contributed by atoms with Crippen LogP contribution in [-0.2, 0) is 9.59 Å². The summed E-state index contributed by atoms with van der Waals surface area (Å²) < 4.78 is 0. The lowest BCUT2D eigenvalue weighted by molar-refractivity contribution is -0.131. The minimum Gasteiger partial charge on any atom is -0.339 e. The Morgan fingerprint density at radius 3 is 2.88 bits per heavy atom. The van der Waals surface area contributed by atoms with Crippen LogP contribution in [-0.4, -0.2) is 29.3 Å². The number of nitriles is 1. The highest BCUT2D eigenvalue weighted by Crippen LogP contribution is 2.35. The molecule has 5 heteroatoms. The fourth-order valence-corrected chi connectivity index (χ4v) is 4.13. The largest absolute Gasteiger partial charge is 0.339 e. The van der Waals surface area contributed by atoms with Crippen LogP contribution in [0, 0.1) is 29.1 Å². The predicted molar refractivity (Wildman–Crippen MR) is 95.6 cm³/mol. The Bertz CT molecular complexity index is 709. The van der Waals surface area contributed by atoms with Crippen molar-refractivity contribution in [3.8, 4) is 6.07 Å². The Kier molecular flexibility index (Phi) is 5.08. The highest BCUT2D eigenvalue weighted by Gasteiger charge is 2.41. The van der Waals surface area contributed by atoms with Crippen LogP contribution in [0.5, 0.6) is 0 Å². The van der Waals surface area contributed by atoms with E-state index in [-0.39, 0.29) is 30.2 Å². The van der Waals surface area contributed by atoms with Gasteiger partial charge in [-0.05, 0) is 36.5 Å². The molecule has 2 amide bonds. The first-order valence-electron chi connectivity index (χ1n) is 9.10. The van der Waals surface area contributed by atoms with Crippen molar-refractivity contribution in [2.75, 3.05) is 11.9 Å². The molecule has 5 nitrogen and oxygen atoms in total. The molecule has 1 aromatic rings. The second kappa shape index (κ2) is 7.26. The maximum atomic E-state index is 12.6. The Labute approximate surface area is 149 Å². The Hall–Kier alpha value is -2.35. The van der Waals surface area contributed by atoms with Gasteiger partial charge in [0.15, 0.2) is 0 Å². The number of anilines is 1. The summed E-state index contributed by atoms with van der Waals surface area (Å²) in [7, 11) is 0. The maximum absolute atomic E-state index is 12.6. The van der Waals surface area contributed by atoms with Crippen LogP contribution in [0.4, 0.5) is 5.69 Å². The third-order valence-corrected chi connectivity index (χ3v) is 5.85. The summed E-state index contributed by atoms with van der Waals surface area (Å²) in [4.78, 5) is 27.0. The summed E-state index contributed by atoms with van der Waals surface area (Å²) in [5.74, 6) is 0.738. The molecule has 1 aromatic carbocycles. The number of carbonyl (C=O) groups excluding carboxylic acids is 2. The molecule has 0 aromatic heterocycles. The van der Waals surface area contributed by atoms with Gasteiger partial charge in [-0.3, -0.25) is 9.59 Å². The molecule has 3 rings (SSSR count). The Morgan fingerprint density at radius 1 is 1.32 bits per heavy atom. The van der Waals surface area contributed by atoms with Crippen molar-refractivity contribution in [3.05, 3.63) is 29.8 Å². The molecule has 0 unspecified atom stereocenters. The minimum atomic E-state index is -0.317. The van der Waals surface area contributed by atoms with E-state index in [1.165, 1.54) is 6.42 Å². The van der Waals surface area contributed by atoms with E-state index in [1.807, 2.05) is 4.90 Å². The number of carbonyl (C=O) groups is 2. The molecule has 4 atom stereocenters. The molecular weight excluding hydrogens is 314 g/mol. The number of nitrogens with one attached hydrogen (secondary N) is 1. The van der Waals surface area contributed by atoms with E-state index in [2.05, 4.69) is 25.2 Å².